The molecule has 0 radical (unpaired) electrons. The highest BCUT2D eigenvalue weighted by Gasteiger charge is 2.52. The van der Waals surface area contributed by atoms with Gasteiger partial charge in [-0.05, 0) is 32.1 Å². The van der Waals surface area contributed by atoms with Crippen LogP contribution >= 0.6 is 0 Å². The van der Waals surface area contributed by atoms with Gasteiger partial charge < -0.3 is 14.7 Å². The molecule has 1 aliphatic carbocycles. The van der Waals surface area contributed by atoms with E-state index in [9.17, 15) is 14.7 Å². The van der Waals surface area contributed by atoms with Crippen LogP contribution in [0, 0.1) is 10.8 Å². The Morgan fingerprint density at radius 2 is 1.95 bits per heavy atom. The first kappa shape index (κ1) is 14.3. The maximum absolute atomic E-state index is 12.5. The highest BCUT2D eigenvalue weighted by atomic mass is 16.5. The monoisotopic (exact) mass is 269 g/mol. The second-order valence-corrected chi connectivity index (χ2v) is 5.98. The van der Waals surface area contributed by atoms with Gasteiger partial charge in [0, 0.05) is 25.6 Å². The van der Waals surface area contributed by atoms with Crippen LogP contribution < -0.4 is 0 Å². The molecule has 5 heteroatoms. The van der Waals surface area contributed by atoms with Gasteiger partial charge in [-0.2, -0.15) is 0 Å². The standard InChI is InChI=1S/C14H23NO4/c1-3-13(6-7-13)11(16)15-8-4-5-14(9-15,10-19-2)12(17)18/h3-10H2,1-2H3,(H,17,18). The predicted molar refractivity (Wildman–Crippen MR) is 69.7 cm³/mol. The van der Waals surface area contributed by atoms with E-state index in [1.807, 2.05) is 6.92 Å². The quantitative estimate of drug-likeness (QED) is 0.821. The number of piperidine rings is 1. The fourth-order valence-electron chi connectivity index (χ4n) is 3.14. The van der Waals surface area contributed by atoms with Crippen molar-refractivity contribution < 1.29 is 19.4 Å². The number of carbonyl (C=O) groups is 2. The molecule has 0 bridgehead atoms. The van der Waals surface area contributed by atoms with E-state index in [2.05, 4.69) is 0 Å². The molecule has 5 nitrogen and oxygen atoms in total. The van der Waals surface area contributed by atoms with E-state index in [1.165, 1.54) is 7.11 Å². The molecule has 1 heterocycles. The second kappa shape index (κ2) is 5.12. The van der Waals surface area contributed by atoms with Gasteiger partial charge in [-0.3, -0.25) is 9.59 Å². The fraction of sp³-hybridized carbons (Fsp3) is 0.857. The predicted octanol–water partition coefficient (Wildman–Crippen LogP) is 1.52. The summed E-state index contributed by atoms with van der Waals surface area (Å²) in [5.74, 6) is -0.704. The summed E-state index contributed by atoms with van der Waals surface area (Å²) in [4.78, 5) is 25.8. The lowest BCUT2D eigenvalue weighted by molar-refractivity contribution is -0.160. The van der Waals surface area contributed by atoms with Crippen LogP contribution in [0.15, 0.2) is 0 Å². The summed E-state index contributed by atoms with van der Waals surface area (Å²) in [6.07, 6.45) is 4.07. The molecule has 2 aliphatic rings. The summed E-state index contributed by atoms with van der Waals surface area (Å²) in [6.45, 7) is 3.18. The topological polar surface area (TPSA) is 66.8 Å². The Kier molecular flexibility index (Phi) is 3.85. The summed E-state index contributed by atoms with van der Waals surface area (Å²) in [7, 11) is 1.51. The molecule has 0 aromatic carbocycles. The summed E-state index contributed by atoms with van der Waals surface area (Å²) in [6, 6.07) is 0. The van der Waals surface area contributed by atoms with Gasteiger partial charge >= 0.3 is 5.97 Å². The highest BCUT2D eigenvalue weighted by molar-refractivity contribution is 5.86. The number of carboxylic acid groups (broad SMARTS) is 1. The molecule has 1 aliphatic heterocycles. The Bertz CT molecular complexity index is 374. The summed E-state index contributed by atoms with van der Waals surface area (Å²) in [5.41, 5.74) is -1.11. The maximum atomic E-state index is 12.5. The Labute approximate surface area is 113 Å². The molecule has 1 saturated carbocycles. The van der Waals surface area contributed by atoms with Crippen molar-refractivity contribution in [2.24, 2.45) is 10.8 Å². The first-order valence-electron chi connectivity index (χ1n) is 7.01. The molecule has 2 rings (SSSR count). The van der Waals surface area contributed by atoms with Crippen LogP contribution in [0.3, 0.4) is 0 Å². The Balaban J connectivity index is 2.11. The molecule has 1 atom stereocenters. The van der Waals surface area contributed by atoms with Crippen molar-refractivity contribution in [3.8, 4) is 0 Å². The number of carbonyl (C=O) groups excluding carboxylic acids is 1. The Hall–Kier alpha value is -1.10. The first-order chi connectivity index (χ1) is 8.99. The van der Waals surface area contributed by atoms with Crippen LogP contribution in [0.25, 0.3) is 0 Å². The van der Waals surface area contributed by atoms with Gasteiger partial charge in [0.25, 0.3) is 0 Å². The first-order valence-corrected chi connectivity index (χ1v) is 7.01. The SMILES string of the molecule is CCC1(C(=O)N2CCCC(COC)(C(=O)O)C2)CC1. The van der Waals surface area contributed by atoms with Gasteiger partial charge in [-0.25, -0.2) is 0 Å². The van der Waals surface area contributed by atoms with Crippen molar-refractivity contribution in [3.05, 3.63) is 0 Å². The Morgan fingerprint density at radius 3 is 2.42 bits per heavy atom. The van der Waals surface area contributed by atoms with Crippen LogP contribution in [-0.4, -0.2) is 48.7 Å². The number of amides is 1. The molecule has 0 aromatic rings. The molecule has 0 aromatic heterocycles. The molecule has 2 fully saturated rings. The van der Waals surface area contributed by atoms with E-state index in [0.29, 0.717) is 13.0 Å². The molecule has 108 valence electrons. The third-order valence-corrected chi connectivity index (χ3v) is 4.72. The molecule has 1 N–H and O–H groups in total. The van der Waals surface area contributed by atoms with Gasteiger partial charge in [0.05, 0.1) is 6.61 Å². The van der Waals surface area contributed by atoms with Crippen molar-refractivity contribution in [1.29, 1.82) is 0 Å². The van der Waals surface area contributed by atoms with Crippen molar-refractivity contribution in [2.45, 2.75) is 39.0 Å². The third kappa shape index (κ3) is 2.48. The molecule has 1 unspecified atom stereocenters. The van der Waals surface area contributed by atoms with Crippen molar-refractivity contribution >= 4 is 11.9 Å². The second-order valence-electron chi connectivity index (χ2n) is 5.98. The van der Waals surface area contributed by atoms with Crippen LogP contribution in [0.1, 0.15) is 39.0 Å². The van der Waals surface area contributed by atoms with Crippen LogP contribution in [0.4, 0.5) is 0 Å². The minimum atomic E-state index is -0.924. The summed E-state index contributed by atoms with van der Waals surface area (Å²) >= 11 is 0. The van der Waals surface area contributed by atoms with Crippen molar-refractivity contribution in [3.63, 3.8) is 0 Å². The van der Waals surface area contributed by atoms with Gasteiger partial charge in [0.2, 0.25) is 5.91 Å². The normalized spacial score (nSPS) is 29.1. The number of carboxylic acids is 1. The van der Waals surface area contributed by atoms with Crippen molar-refractivity contribution in [2.75, 3.05) is 26.8 Å². The number of hydrogen-bond acceptors (Lipinski definition) is 3. The van der Waals surface area contributed by atoms with Crippen LogP contribution in [0.5, 0.6) is 0 Å². The van der Waals surface area contributed by atoms with E-state index in [-0.39, 0.29) is 24.5 Å². The molecular formula is C14H23NO4. The minimum Gasteiger partial charge on any atom is -0.481 e. The number of likely N-dealkylation sites (tertiary alicyclic amines) is 1. The summed E-state index contributed by atoms with van der Waals surface area (Å²) < 4.78 is 5.08. The number of ether oxygens (including phenoxy) is 1. The highest BCUT2D eigenvalue weighted by Crippen LogP contribution is 2.50. The van der Waals surface area contributed by atoms with Gasteiger partial charge in [-0.15, -0.1) is 0 Å². The molecule has 0 spiro atoms. The average Bonchev–Trinajstić information content (AvgIpc) is 3.19. The van der Waals surface area contributed by atoms with Gasteiger partial charge in [0.15, 0.2) is 0 Å². The van der Waals surface area contributed by atoms with E-state index in [4.69, 9.17) is 4.74 Å². The summed E-state index contributed by atoms with van der Waals surface area (Å²) in [5, 5.41) is 9.48. The fourth-order valence-corrected chi connectivity index (χ4v) is 3.14. The molecule has 1 amide bonds. The zero-order chi connectivity index (χ0) is 14.1. The van der Waals surface area contributed by atoms with E-state index in [1.54, 1.807) is 4.90 Å². The van der Waals surface area contributed by atoms with E-state index < -0.39 is 11.4 Å². The number of methoxy groups -OCH3 is 1. The number of rotatable bonds is 5. The van der Waals surface area contributed by atoms with Crippen molar-refractivity contribution in [1.82, 2.24) is 4.90 Å². The number of hydrogen-bond donors (Lipinski definition) is 1. The third-order valence-electron chi connectivity index (χ3n) is 4.72. The lowest BCUT2D eigenvalue weighted by Gasteiger charge is -2.40. The zero-order valence-corrected chi connectivity index (χ0v) is 11.8. The average molecular weight is 269 g/mol. The zero-order valence-electron chi connectivity index (χ0n) is 11.8. The number of aliphatic carboxylic acids is 1. The minimum absolute atomic E-state index is 0.149. The molecule has 1 saturated heterocycles. The number of nitrogens with zero attached hydrogens (tertiary/aromatic N) is 1. The molecular weight excluding hydrogens is 246 g/mol. The van der Waals surface area contributed by atoms with Gasteiger partial charge in [-0.1, -0.05) is 6.92 Å². The van der Waals surface area contributed by atoms with E-state index >= 15 is 0 Å². The maximum Gasteiger partial charge on any atom is 0.313 e. The molecule has 19 heavy (non-hydrogen) atoms. The van der Waals surface area contributed by atoms with E-state index in [0.717, 1.165) is 25.7 Å². The van der Waals surface area contributed by atoms with Gasteiger partial charge in [0.1, 0.15) is 5.41 Å². The Morgan fingerprint density at radius 1 is 1.26 bits per heavy atom. The lowest BCUT2D eigenvalue weighted by atomic mass is 9.80. The smallest absolute Gasteiger partial charge is 0.313 e. The van der Waals surface area contributed by atoms with Crippen LogP contribution in [-0.2, 0) is 14.3 Å². The largest absolute Gasteiger partial charge is 0.481 e. The van der Waals surface area contributed by atoms with Crippen LogP contribution in [0.2, 0.25) is 0 Å². The lowest BCUT2D eigenvalue weighted by Crippen LogP contribution is -2.53.